The first-order valence-electron chi connectivity index (χ1n) is 10.2. The van der Waals surface area contributed by atoms with Gasteiger partial charge >= 0.3 is 12.1 Å². The van der Waals surface area contributed by atoms with Gasteiger partial charge in [0.25, 0.3) is 5.91 Å². The zero-order valence-electron chi connectivity index (χ0n) is 17.4. The highest BCUT2D eigenvalue weighted by molar-refractivity contribution is 6.34. The molecular weight excluding hydrogens is 464 g/mol. The third-order valence-electron chi connectivity index (χ3n) is 6.40. The summed E-state index contributed by atoms with van der Waals surface area (Å²) in [6.07, 6.45) is -3.41. The number of aromatic nitrogens is 2. The fourth-order valence-corrected chi connectivity index (χ4v) is 4.68. The van der Waals surface area contributed by atoms with E-state index in [-0.39, 0.29) is 22.5 Å². The lowest BCUT2D eigenvalue weighted by molar-refractivity contribution is -0.150. The fourth-order valence-electron chi connectivity index (χ4n) is 4.42. The molecule has 10 heteroatoms. The molecule has 1 heterocycles. The molecular formula is C23H19ClF4N2O3. The first kappa shape index (κ1) is 23.2. The van der Waals surface area contributed by atoms with Gasteiger partial charge in [-0.15, -0.1) is 0 Å². The summed E-state index contributed by atoms with van der Waals surface area (Å²) in [5.74, 6) is -3.06. The van der Waals surface area contributed by atoms with Crippen LogP contribution in [-0.2, 0) is 11.0 Å². The number of hydrogen-bond acceptors (Lipinski definition) is 3. The van der Waals surface area contributed by atoms with Gasteiger partial charge in [0.1, 0.15) is 5.82 Å². The average Bonchev–Trinajstić information content (AvgIpc) is 3.14. The van der Waals surface area contributed by atoms with Crippen LogP contribution in [-0.4, -0.2) is 26.8 Å². The third kappa shape index (κ3) is 3.99. The zero-order valence-corrected chi connectivity index (χ0v) is 18.2. The Morgan fingerprint density at radius 1 is 1.15 bits per heavy atom. The summed E-state index contributed by atoms with van der Waals surface area (Å²) in [7, 11) is 0. The van der Waals surface area contributed by atoms with E-state index >= 15 is 0 Å². The summed E-state index contributed by atoms with van der Waals surface area (Å²) in [5.41, 5.74) is -2.65. The van der Waals surface area contributed by atoms with E-state index in [1.807, 2.05) is 0 Å². The Morgan fingerprint density at radius 3 is 2.39 bits per heavy atom. The minimum atomic E-state index is -4.84. The molecule has 1 N–H and O–H groups in total. The molecule has 1 aliphatic carbocycles. The number of carboxylic acids is 1. The van der Waals surface area contributed by atoms with Crippen LogP contribution in [0.25, 0.3) is 10.9 Å². The molecule has 0 spiro atoms. The predicted octanol–water partition coefficient (Wildman–Crippen LogP) is 6.28. The van der Waals surface area contributed by atoms with Crippen molar-refractivity contribution in [2.75, 3.05) is 0 Å². The molecule has 174 valence electrons. The molecule has 0 radical (unpaired) electrons. The lowest BCUT2D eigenvalue weighted by Gasteiger charge is -2.33. The lowest BCUT2D eigenvalue weighted by atomic mass is 9.71. The molecule has 0 bridgehead atoms. The second kappa shape index (κ2) is 8.13. The molecule has 3 aromatic rings. The molecule has 1 saturated carbocycles. The maximum Gasteiger partial charge on any atom is 0.417 e. The summed E-state index contributed by atoms with van der Waals surface area (Å²) >= 11 is 5.99. The fraction of sp³-hybridized carbons (Fsp3) is 0.348. The van der Waals surface area contributed by atoms with Crippen molar-refractivity contribution in [3.8, 4) is 0 Å². The van der Waals surface area contributed by atoms with Gasteiger partial charge in [-0.25, -0.2) is 4.39 Å². The number of benzene rings is 2. The molecule has 1 aromatic heterocycles. The molecule has 1 fully saturated rings. The molecule has 0 aliphatic heterocycles. The van der Waals surface area contributed by atoms with Crippen molar-refractivity contribution in [2.45, 2.75) is 44.7 Å². The van der Waals surface area contributed by atoms with E-state index in [9.17, 15) is 32.3 Å². The summed E-state index contributed by atoms with van der Waals surface area (Å²) in [6.45, 7) is 1.64. The van der Waals surface area contributed by atoms with Crippen molar-refractivity contribution >= 4 is 34.4 Å². The van der Waals surface area contributed by atoms with Gasteiger partial charge in [0.2, 0.25) is 0 Å². The zero-order chi connectivity index (χ0) is 24.1. The molecule has 0 atom stereocenters. The van der Waals surface area contributed by atoms with Gasteiger partial charge in [-0.1, -0.05) is 23.7 Å². The number of rotatable bonds is 3. The van der Waals surface area contributed by atoms with Crippen LogP contribution in [0, 0.1) is 11.2 Å². The van der Waals surface area contributed by atoms with E-state index in [0.29, 0.717) is 25.7 Å². The van der Waals surface area contributed by atoms with Crippen molar-refractivity contribution in [1.82, 2.24) is 9.78 Å². The van der Waals surface area contributed by atoms with E-state index in [2.05, 4.69) is 5.10 Å². The summed E-state index contributed by atoms with van der Waals surface area (Å²) < 4.78 is 56.3. The van der Waals surface area contributed by atoms with E-state index in [0.717, 1.165) is 16.8 Å². The molecule has 2 aromatic carbocycles. The van der Waals surface area contributed by atoms with Crippen LogP contribution in [0.3, 0.4) is 0 Å². The number of nitrogens with zero attached hydrogens (tertiary/aromatic N) is 2. The standard InChI is InChI=1S/C23H19ClF4N2O3/c1-22(21(32)33)10-8-12(9-11-22)19-18-15(25)6-3-7-16(18)30(29-19)20(31)17-13(23(26,27)28)4-2-5-14(17)24/h2-7,12H,8-11H2,1H3,(H,32,33). The van der Waals surface area contributed by atoms with Crippen LogP contribution < -0.4 is 0 Å². The topological polar surface area (TPSA) is 72.2 Å². The molecule has 0 saturated heterocycles. The Labute approximate surface area is 191 Å². The molecule has 1 aliphatic rings. The highest BCUT2D eigenvalue weighted by atomic mass is 35.5. The van der Waals surface area contributed by atoms with Gasteiger partial charge < -0.3 is 5.11 Å². The molecule has 4 rings (SSSR count). The van der Waals surface area contributed by atoms with Gasteiger partial charge in [0.05, 0.1) is 38.2 Å². The van der Waals surface area contributed by atoms with E-state index in [4.69, 9.17) is 11.6 Å². The number of halogens is 5. The van der Waals surface area contributed by atoms with Gasteiger partial charge in [-0.3, -0.25) is 9.59 Å². The third-order valence-corrected chi connectivity index (χ3v) is 6.72. The minimum absolute atomic E-state index is 0.0228. The second-order valence-corrected chi connectivity index (χ2v) is 8.94. The van der Waals surface area contributed by atoms with Crippen LogP contribution >= 0.6 is 11.6 Å². The maximum atomic E-state index is 14.8. The molecule has 0 unspecified atom stereocenters. The number of fused-ring (bicyclic) bond motifs is 1. The minimum Gasteiger partial charge on any atom is -0.481 e. The van der Waals surface area contributed by atoms with E-state index in [1.165, 1.54) is 24.3 Å². The summed E-state index contributed by atoms with van der Waals surface area (Å²) in [6, 6.07) is 6.94. The van der Waals surface area contributed by atoms with Crippen molar-refractivity contribution in [2.24, 2.45) is 5.41 Å². The first-order valence-corrected chi connectivity index (χ1v) is 10.6. The van der Waals surface area contributed by atoms with Gasteiger partial charge in [-0.2, -0.15) is 23.0 Å². The number of carboxylic acid groups (broad SMARTS) is 1. The van der Waals surface area contributed by atoms with Crippen LogP contribution in [0.1, 0.15) is 60.1 Å². The van der Waals surface area contributed by atoms with Gasteiger partial charge in [0, 0.05) is 5.92 Å². The van der Waals surface area contributed by atoms with Crippen molar-refractivity contribution in [3.63, 3.8) is 0 Å². The summed E-state index contributed by atoms with van der Waals surface area (Å²) in [5, 5.41) is 13.4. The molecule has 33 heavy (non-hydrogen) atoms. The monoisotopic (exact) mass is 482 g/mol. The quantitative estimate of drug-likeness (QED) is 0.446. The van der Waals surface area contributed by atoms with Crippen molar-refractivity contribution in [3.05, 3.63) is 64.1 Å². The number of hydrogen-bond donors (Lipinski definition) is 1. The largest absolute Gasteiger partial charge is 0.481 e. The Hall–Kier alpha value is -2.94. The average molecular weight is 483 g/mol. The highest BCUT2D eigenvalue weighted by Crippen LogP contribution is 2.45. The Bertz CT molecular complexity index is 1260. The van der Waals surface area contributed by atoms with Gasteiger partial charge in [-0.05, 0) is 56.9 Å². The number of carbonyl (C=O) groups is 2. The normalized spacial score (nSPS) is 21.3. The van der Waals surface area contributed by atoms with E-state index in [1.54, 1.807) is 6.92 Å². The summed E-state index contributed by atoms with van der Waals surface area (Å²) in [4.78, 5) is 24.8. The Balaban J connectivity index is 1.83. The van der Waals surface area contributed by atoms with Crippen LogP contribution in [0.4, 0.5) is 17.6 Å². The lowest BCUT2D eigenvalue weighted by Crippen LogP contribution is -2.32. The van der Waals surface area contributed by atoms with Crippen molar-refractivity contribution < 1.29 is 32.3 Å². The van der Waals surface area contributed by atoms with E-state index < -0.39 is 45.4 Å². The van der Waals surface area contributed by atoms with Crippen LogP contribution in [0.5, 0.6) is 0 Å². The Kier molecular flexibility index (Phi) is 5.72. The smallest absolute Gasteiger partial charge is 0.417 e. The predicted molar refractivity (Wildman–Crippen MR) is 113 cm³/mol. The van der Waals surface area contributed by atoms with Crippen LogP contribution in [0.15, 0.2) is 36.4 Å². The highest BCUT2D eigenvalue weighted by Gasteiger charge is 2.40. The Morgan fingerprint density at radius 2 is 1.79 bits per heavy atom. The first-order chi connectivity index (χ1) is 15.4. The van der Waals surface area contributed by atoms with Gasteiger partial charge in [0.15, 0.2) is 0 Å². The molecule has 5 nitrogen and oxygen atoms in total. The SMILES string of the molecule is CC1(C(=O)O)CCC(c2nn(C(=O)c3c(Cl)cccc3C(F)(F)F)c3cccc(F)c23)CC1. The number of alkyl halides is 3. The maximum absolute atomic E-state index is 14.8. The van der Waals surface area contributed by atoms with Crippen molar-refractivity contribution in [1.29, 1.82) is 0 Å². The second-order valence-electron chi connectivity index (χ2n) is 8.54. The van der Waals surface area contributed by atoms with Crippen LogP contribution in [0.2, 0.25) is 5.02 Å². The number of aliphatic carboxylic acids is 1. The number of carbonyl (C=O) groups excluding carboxylic acids is 1. The molecule has 0 amide bonds.